The molecule has 0 aliphatic carbocycles. The Morgan fingerprint density at radius 1 is 0.735 bits per heavy atom. The van der Waals surface area contributed by atoms with Gasteiger partial charge in [-0.3, -0.25) is 10.2 Å². The minimum absolute atomic E-state index is 0.0505. The average Bonchev–Trinajstić information content (AvgIpc) is 2.88. The highest BCUT2D eigenvalue weighted by atomic mass is 31.2. The van der Waals surface area contributed by atoms with Crippen LogP contribution in [0.4, 0.5) is 0 Å². The number of benzene rings is 3. The number of unbranched alkanes of at least 4 members (excludes halogenated alkanes) is 2. The third-order valence-corrected chi connectivity index (χ3v) is 10.9. The molecule has 3 aromatic rings. The van der Waals surface area contributed by atoms with E-state index in [0.29, 0.717) is 25.2 Å². The fourth-order valence-electron chi connectivity index (χ4n) is 4.49. The number of ketones is 1. The first-order valence-corrected chi connectivity index (χ1v) is 14.1. The van der Waals surface area contributed by atoms with Gasteiger partial charge in [0.05, 0.1) is 6.16 Å². The van der Waals surface area contributed by atoms with Crippen LogP contribution in [0.5, 0.6) is 0 Å². The smallest absolute Gasteiger partial charge is 0.188 e. The van der Waals surface area contributed by atoms with Crippen molar-refractivity contribution in [3.05, 3.63) is 91.0 Å². The quantitative estimate of drug-likeness (QED) is 0.163. The molecule has 3 rings (SSSR count). The number of Topliss-reactive ketones (excluding diaryl/α,β-unsaturated/α-hetero) is 1. The highest BCUT2D eigenvalue weighted by molar-refractivity contribution is 7.95. The zero-order valence-electron chi connectivity index (χ0n) is 20.2. The number of nitrogens with zero attached hydrogens (tertiary/aromatic N) is 1. The molecule has 0 bridgehead atoms. The van der Waals surface area contributed by atoms with Crippen LogP contribution in [0.25, 0.3) is 0 Å². The number of carbonyl (C=O) groups is 1. The van der Waals surface area contributed by atoms with Crippen molar-refractivity contribution in [2.75, 3.05) is 19.8 Å². The summed E-state index contributed by atoms with van der Waals surface area (Å²) >= 11 is 0. The van der Waals surface area contributed by atoms with Gasteiger partial charge in [0, 0.05) is 26.4 Å². The Kier molecular flexibility index (Phi) is 9.85. The van der Waals surface area contributed by atoms with Crippen LogP contribution in [-0.2, 0) is 4.79 Å². The number of guanidine groups is 1. The number of rotatable bonds is 13. The Bertz CT molecular complexity index is 928. The summed E-state index contributed by atoms with van der Waals surface area (Å²) in [4.78, 5) is 14.0. The molecule has 0 aliphatic heterocycles. The highest BCUT2D eigenvalue weighted by Gasteiger charge is 2.44. The van der Waals surface area contributed by atoms with E-state index in [0.717, 1.165) is 31.8 Å². The Balaban J connectivity index is 1.67. The lowest BCUT2D eigenvalue weighted by Gasteiger charge is -2.27. The summed E-state index contributed by atoms with van der Waals surface area (Å²) in [6.45, 7) is 0.652. The summed E-state index contributed by atoms with van der Waals surface area (Å²) in [6, 6.07) is 32.9. The van der Waals surface area contributed by atoms with E-state index in [1.807, 2.05) is 0 Å². The highest BCUT2D eigenvalue weighted by Crippen LogP contribution is 2.55. The van der Waals surface area contributed by atoms with Gasteiger partial charge in [-0.25, -0.2) is 0 Å². The Hall–Kier alpha value is -2.97. The molecule has 5 heteroatoms. The van der Waals surface area contributed by atoms with Crippen LogP contribution < -0.4 is 21.6 Å². The summed E-state index contributed by atoms with van der Waals surface area (Å²) in [7, 11) is 0.00843. The molecule has 0 fully saturated rings. The van der Waals surface area contributed by atoms with E-state index in [1.165, 1.54) is 15.9 Å². The maximum atomic E-state index is 12.3. The molecule has 0 spiro atoms. The summed E-state index contributed by atoms with van der Waals surface area (Å²) in [5.41, 5.74) is 5.45. The largest absolute Gasteiger partial charge is 0.370 e. The first-order chi connectivity index (χ1) is 16.5. The first-order valence-electron chi connectivity index (χ1n) is 12.2. The number of nitrogens with one attached hydrogen (secondary N) is 1. The average molecular weight is 475 g/mol. The molecule has 34 heavy (non-hydrogen) atoms. The topological polar surface area (TPSA) is 70.2 Å². The van der Waals surface area contributed by atoms with Crippen molar-refractivity contribution in [2.45, 2.75) is 38.5 Å². The van der Waals surface area contributed by atoms with Crippen molar-refractivity contribution in [2.24, 2.45) is 5.73 Å². The predicted octanol–water partition coefficient (Wildman–Crippen LogP) is 4.72. The molecular weight excluding hydrogens is 437 g/mol. The number of carbonyl (C=O) groups excluding carboxylic acids is 1. The maximum absolute atomic E-state index is 12.3. The Morgan fingerprint density at radius 3 is 1.62 bits per heavy atom. The van der Waals surface area contributed by atoms with Crippen LogP contribution in [0.3, 0.4) is 0 Å². The summed E-state index contributed by atoms with van der Waals surface area (Å²) in [5, 5.41) is 11.6. The summed E-state index contributed by atoms with van der Waals surface area (Å²) in [6.07, 6.45) is 6.12. The van der Waals surface area contributed by atoms with Crippen LogP contribution in [0.15, 0.2) is 91.0 Å². The zero-order chi connectivity index (χ0) is 24.2. The van der Waals surface area contributed by atoms with Crippen molar-refractivity contribution in [1.82, 2.24) is 4.90 Å². The molecule has 0 radical (unpaired) electrons. The molecule has 0 amide bonds. The molecule has 0 aromatic heterocycles. The van der Waals surface area contributed by atoms with E-state index in [4.69, 9.17) is 11.1 Å². The van der Waals surface area contributed by atoms with Gasteiger partial charge in [-0.2, -0.15) is 0 Å². The molecule has 0 heterocycles. The third-order valence-electron chi connectivity index (χ3n) is 6.40. The van der Waals surface area contributed by atoms with Gasteiger partial charge < -0.3 is 10.6 Å². The van der Waals surface area contributed by atoms with Gasteiger partial charge >= 0.3 is 0 Å². The van der Waals surface area contributed by atoms with Gasteiger partial charge in [0.25, 0.3) is 0 Å². The lowest BCUT2D eigenvalue weighted by molar-refractivity contribution is -0.119. The SMILES string of the molecule is CN(CCCC(=O)CCCCC[P+](c1ccccc1)(c1ccccc1)c1ccccc1)C(=N)N. The van der Waals surface area contributed by atoms with Crippen LogP contribution in [-0.4, -0.2) is 36.4 Å². The molecular formula is C29H37N3OP+. The maximum Gasteiger partial charge on any atom is 0.188 e. The third kappa shape index (κ3) is 6.77. The van der Waals surface area contributed by atoms with Crippen LogP contribution in [0.2, 0.25) is 0 Å². The van der Waals surface area contributed by atoms with Crippen molar-refractivity contribution in [3.8, 4) is 0 Å². The molecule has 0 unspecified atom stereocenters. The van der Waals surface area contributed by atoms with E-state index < -0.39 is 7.26 Å². The monoisotopic (exact) mass is 474 g/mol. The molecule has 0 saturated carbocycles. The molecule has 178 valence electrons. The number of hydrogen-bond donors (Lipinski definition) is 2. The fourth-order valence-corrected chi connectivity index (χ4v) is 8.90. The lowest BCUT2D eigenvalue weighted by Crippen LogP contribution is -2.33. The number of nitrogens with two attached hydrogens (primary N) is 1. The summed E-state index contributed by atoms with van der Waals surface area (Å²) in [5.74, 6) is 0.363. The Labute approximate surface area is 205 Å². The lowest BCUT2D eigenvalue weighted by atomic mass is 10.1. The van der Waals surface area contributed by atoms with E-state index in [2.05, 4.69) is 91.0 Å². The van der Waals surface area contributed by atoms with E-state index >= 15 is 0 Å². The van der Waals surface area contributed by atoms with Crippen molar-refractivity contribution < 1.29 is 4.79 Å². The minimum atomic E-state index is -1.78. The van der Waals surface area contributed by atoms with Gasteiger partial charge in [0.2, 0.25) is 0 Å². The van der Waals surface area contributed by atoms with Crippen LogP contribution >= 0.6 is 7.26 Å². The van der Waals surface area contributed by atoms with E-state index in [1.54, 1.807) is 11.9 Å². The van der Waals surface area contributed by atoms with Gasteiger partial charge in [0.1, 0.15) is 29.0 Å². The molecule has 3 aromatic carbocycles. The second-order valence-corrected chi connectivity index (χ2v) is 12.4. The van der Waals surface area contributed by atoms with Gasteiger partial charge in [-0.15, -0.1) is 0 Å². The minimum Gasteiger partial charge on any atom is -0.370 e. The molecule has 0 aliphatic rings. The summed E-state index contributed by atoms with van der Waals surface area (Å²) < 4.78 is 0. The zero-order valence-corrected chi connectivity index (χ0v) is 21.1. The standard InChI is InChI=1S/C29H37N3OP/c1-32(29(30)31)23-14-16-25(33)15-6-5-13-24-34(26-17-7-2-8-18-26,27-19-9-3-10-20-27)28-21-11-4-12-22-28/h2-4,7-12,17-22H,5-6,13-16,23-24H2,1H3,(H3,30,31)/q+1. The second-order valence-electron chi connectivity index (χ2n) is 8.80. The van der Waals surface area contributed by atoms with Crippen molar-refractivity contribution in [3.63, 3.8) is 0 Å². The van der Waals surface area contributed by atoms with Crippen LogP contribution in [0, 0.1) is 5.41 Å². The molecule has 4 nitrogen and oxygen atoms in total. The van der Waals surface area contributed by atoms with Crippen molar-refractivity contribution in [1.29, 1.82) is 5.41 Å². The molecule has 3 N–H and O–H groups in total. The second kappa shape index (κ2) is 13.1. The fraction of sp³-hybridized carbons (Fsp3) is 0.310. The van der Waals surface area contributed by atoms with Gasteiger partial charge in [-0.1, -0.05) is 54.6 Å². The van der Waals surface area contributed by atoms with Crippen LogP contribution in [0.1, 0.15) is 38.5 Å². The number of hydrogen-bond acceptors (Lipinski definition) is 2. The van der Waals surface area contributed by atoms with E-state index in [-0.39, 0.29) is 5.96 Å². The normalized spacial score (nSPS) is 11.2. The van der Waals surface area contributed by atoms with E-state index in [9.17, 15) is 4.79 Å². The molecule has 0 atom stereocenters. The molecule has 0 saturated heterocycles. The predicted molar refractivity (Wildman–Crippen MR) is 147 cm³/mol. The Morgan fingerprint density at radius 2 is 1.18 bits per heavy atom. The first kappa shape index (κ1) is 25.6. The van der Waals surface area contributed by atoms with Gasteiger partial charge in [0.15, 0.2) is 5.96 Å². The van der Waals surface area contributed by atoms with Gasteiger partial charge in [-0.05, 0) is 62.1 Å². The van der Waals surface area contributed by atoms with Crippen molar-refractivity contribution >= 4 is 34.9 Å².